The number of carbonyl (C=O) groups is 2. The third-order valence-electron chi connectivity index (χ3n) is 2.97. The number of rotatable bonds is 4. The summed E-state index contributed by atoms with van der Waals surface area (Å²) in [5, 5.41) is 19.0. The van der Waals surface area contributed by atoms with Crippen LogP contribution < -0.4 is 15.1 Å². The van der Waals surface area contributed by atoms with E-state index in [4.69, 9.17) is 14.5 Å². The Bertz CT molecular complexity index is 561. The van der Waals surface area contributed by atoms with Gasteiger partial charge in [-0.05, 0) is 18.6 Å². The van der Waals surface area contributed by atoms with Gasteiger partial charge in [0.25, 0.3) is 0 Å². The first-order chi connectivity index (χ1) is 9.41. The Morgan fingerprint density at radius 2 is 2.20 bits per heavy atom. The summed E-state index contributed by atoms with van der Waals surface area (Å²) < 4.78 is 10.4. The molecule has 0 bridgehead atoms. The smallest absolute Gasteiger partial charge is 0.484 e. The zero-order chi connectivity index (χ0) is 14.9. The highest BCUT2D eigenvalue weighted by molar-refractivity contribution is 6.63. The topological polar surface area (TPSA) is 96.3 Å². The molecule has 2 N–H and O–H groups in total. The van der Waals surface area contributed by atoms with Crippen LogP contribution in [0.4, 0.5) is 10.5 Å². The van der Waals surface area contributed by atoms with Gasteiger partial charge in [-0.2, -0.15) is 0 Å². The van der Waals surface area contributed by atoms with E-state index in [1.54, 1.807) is 12.1 Å². The summed E-state index contributed by atoms with van der Waals surface area (Å²) in [5.41, 5.74) is 1.24. The zero-order valence-electron chi connectivity index (χ0n) is 11.1. The fraction of sp³-hybridized carbons (Fsp3) is 0.333. The summed E-state index contributed by atoms with van der Waals surface area (Å²) in [6.07, 6.45) is -1.20. The number of ether oxygens (including phenoxy) is 1. The Kier molecular flexibility index (Phi) is 3.96. The van der Waals surface area contributed by atoms with Gasteiger partial charge in [0.05, 0.1) is 12.3 Å². The van der Waals surface area contributed by atoms with E-state index in [-0.39, 0.29) is 30.4 Å². The average Bonchev–Trinajstić information content (AvgIpc) is 2.76. The molecule has 1 aromatic carbocycles. The quantitative estimate of drug-likeness (QED) is 0.752. The van der Waals surface area contributed by atoms with Crippen LogP contribution in [0.5, 0.6) is 5.75 Å². The molecule has 1 amide bonds. The lowest BCUT2D eigenvalue weighted by atomic mass is 9.77. The highest BCUT2D eigenvalue weighted by atomic mass is 16.5. The Balaban J connectivity index is 2.49. The third-order valence-corrected chi connectivity index (χ3v) is 2.97. The lowest BCUT2D eigenvalue weighted by Crippen LogP contribution is -2.37. The van der Waals surface area contributed by atoms with E-state index in [0.29, 0.717) is 11.0 Å². The first kappa shape index (κ1) is 14.4. The van der Waals surface area contributed by atoms with Gasteiger partial charge in [-0.1, -0.05) is 6.07 Å². The van der Waals surface area contributed by atoms with Gasteiger partial charge in [0.1, 0.15) is 12.4 Å². The normalized spacial score (nSPS) is 13.1. The van der Waals surface area contributed by atoms with Crippen molar-refractivity contribution >= 4 is 30.1 Å². The molecule has 1 aliphatic heterocycles. The zero-order valence-corrected chi connectivity index (χ0v) is 11.1. The molecular weight excluding hydrogens is 265 g/mol. The van der Waals surface area contributed by atoms with Gasteiger partial charge in [0.15, 0.2) is 5.78 Å². The maximum absolute atomic E-state index is 11.2. The highest BCUT2D eigenvalue weighted by Gasteiger charge is 2.34. The van der Waals surface area contributed by atoms with E-state index in [0.717, 1.165) is 4.90 Å². The van der Waals surface area contributed by atoms with Crippen LogP contribution in [-0.4, -0.2) is 42.8 Å². The standard InChI is InChI=1S/C12H14BNO6/c1-7(15)5-19-9-4-3-8-6-20-13(18)10(8)11(9)14(2)12(16)17/h3-4,18H,5-6H2,1-2H3,(H,16,17). The Hall–Kier alpha value is -2.06. The average molecular weight is 279 g/mol. The summed E-state index contributed by atoms with van der Waals surface area (Å²) in [7, 11) is 0.131. The number of anilines is 1. The van der Waals surface area contributed by atoms with Gasteiger partial charge in [-0.3, -0.25) is 9.69 Å². The van der Waals surface area contributed by atoms with Gasteiger partial charge in [-0.25, -0.2) is 4.79 Å². The summed E-state index contributed by atoms with van der Waals surface area (Å²) in [5.74, 6) is 0.0274. The van der Waals surface area contributed by atoms with Crippen molar-refractivity contribution in [3.05, 3.63) is 17.7 Å². The molecule has 0 atom stereocenters. The number of carboxylic acid groups (broad SMARTS) is 1. The molecule has 0 spiro atoms. The lowest BCUT2D eigenvalue weighted by Gasteiger charge is -2.21. The monoisotopic (exact) mass is 279 g/mol. The third kappa shape index (κ3) is 2.61. The van der Waals surface area contributed by atoms with Crippen molar-refractivity contribution < 1.29 is 29.1 Å². The lowest BCUT2D eigenvalue weighted by molar-refractivity contribution is -0.118. The van der Waals surface area contributed by atoms with Crippen LogP contribution in [0.15, 0.2) is 12.1 Å². The van der Waals surface area contributed by atoms with Gasteiger partial charge in [0, 0.05) is 12.5 Å². The summed E-state index contributed by atoms with van der Waals surface area (Å²) in [6, 6.07) is 3.25. The van der Waals surface area contributed by atoms with E-state index in [9.17, 15) is 14.6 Å². The minimum atomic E-state index is -1.21. The molecule has 0 aliphatic carbocycles. The number of ketones is 1. The van der Waals surface area contributed by atoms with Crippen molar-refractivity contribution in [3.63, 3.8) is 0 Å². The molecule has 7 nitrogen and oxygen atoms in total. The fourth-order valence-corrected chi connectivity index (χ4v) is 2.02. The number of benzene rings is 1. The maximum Gasteiger partial charge on any atom is 0.494 e. The van der Waals surface area contributed by atoms with Crippen LogP contribution >= 0.6 is 0 Å². The molecule has 0 radical (unpaired) electrons. The van der Waals surface area contributed by atoms with Crippen molar-refractivity contribution in [2.75, 3.05) is 18.6 Å². The number of Topliss-reactive ketones (excluding diaryl/α,β-unsaturated/α-hetero) is 1. The van der Waals surface area contributed by atoms with Gasteiger partial charge >= 0.3 is 13.2 Å². The first-order valence-corrected chi connectivity index (χ1v) is 5.96. The Labute approximate surface area is 115 Å². The van der Waals surface area contributed by atoms with E-state index in [2.05, 4.69) is 0 Å². The van der Waals surface area contributed by atoms with E-state index < -0.39 is 13.2 Å². The number of carbonyl (C=O) groups excluding carboxylic acids is 1. The van der Waals surface area contributed by atoms with E-state index in [1.807, 2.05) is 0 Å². The summed E-state index contributed by atoms with van der Waals surface area (Å²) >= 11 is 0. The summed E-state index contributed by atoms with van der Waals surface area (Å²) in [6.45, 7) is 1.39. The van der Waals surface area contributed by atoms with Gasteiger partial charge in [-0.15, -0.1) is 0 Å². The first-order valence-electron chi connectivity index (χ1n) is 5.96. The SMILES string of the molecule is CC(=O)COc1ccc2c(c1N(C)C(=O)O)B(O)OC2. The van der Waals surface area contributed by atoms with Crippen LogP contribution in [0.25, 0.3) is 0 Å². The molecule has 0 saturated heterocycles. The predicted octanol–water partition coefficient (Wildman–Crippen LogP) is -0.0137. The van der Waals surface area contributed by atoms with Crippen LogP contribution in [0.3, 0.4) is 0 Å². The molecule has 20 heavy (non-hydrogen) atoms. The van der Waals surface area contributed by atoms with Crippen molar-refractivity contribution in [2.24, 2.45) is 0 Å². The number of amides is 1. The summed E-state index contributed by atoms with van der Waals surface area (Å²) in [4.78, 5) is 23.1. The molecule has 0 fully saturated rings. The van der Waals surface area contributed by atoms with Crippen molar-refractivity contribution in [1.82, 2.24) is 0 Å². The number of hydrogen-bond donors (Lipinski definition) is 2. The van der Waals surface area contributed by atoms with E-state index in [1.165, 1.54) is 14.0 Å². The highest BCUT2D eigenvalue weighted by Crippen LogP contribution is 2.30. The van der Waals surface area contributed by atoms with Crippen molar-refractivity contribution in [3.8, 4) is 5.75 Å². The second-order valence-electron chi connectivity index (χ2n) is 4.48. The minimum Gasteiger partial charge on any atom is -0.484 e. The Morgan fingerprint density at radius 3 is 2.80 bits per heavy atom. The van der Waals surface area contributed by atoms with Crippen LogP contribution in [-0.2, 0) is 16.1 Å². The minimum absolute atomic E-state index is 0.170. The molecule has 0 unspecified atom stereocenters. The van der Waals surface area contributed by atoms with Gasteiger partial charge < -0.3 is 19.5 Å². The second-order valence-corrected chi connectivity index (χ2v) is 4.48. The van der Waals surface area contributed by atoms with Crippen LogP contribution in [0.2, 0.25) is 0 Å². The molecule has 1 heterocycles. The largest absolute Gasteiger partial charge is 0.494 e. The molecule has 2 rings (SSSR count). The molecule has 1 aliphatic rings. The number of nitrogens with zero attached hydrogens (tertiary/aromatic N) is 1. The van der Waals surface area contributed by atoms with Crippen LogP contribution in [0, 0.1) is 0 Å². The molecule has 0 aromatic heterocycles. The maximum atomic E-state index is 11.2. The molecular formula is C12H14BNO6. The fourth-order valence-electron chi connectivity index (χ4n) is 2.02. The predicted molar refractivity (Wildman–Crippen MR) is 71.4 cm³/mol. The molecule has 1 aromatic rings. The van der Waals surface area contributed by atoms with Gasteiger partial charge in [0.2, 0.25) is 0 Å². The molecule has 8 heteroatoms. The van der Waals surface area contributed by atoms with Crippen LogP contribution in [0.1, 0.15) is 12.5 Å². The second kappa shape index (κ2) is 5.52. The number of fused-ring (bicyclic) bond motifs is 1. The van der Waals surface area contributed by atoms with Crippen molar-refractivity contribution in [1.29, 1.82) is 0 Å². The molecule has 106 valence electrons. The van der Waals surface area contributed by atoms with Crippen molar-refractivity contribution in [2.45, 2.75) is 13.5 Å². The van der Waals surface area contributed by atoms with E-state index >= 15 is 0 Å². The Morgan fingerprint density at radius 1 is 1.50 bits per heavy atom. The molecule has 0 saturated carbocycles. The number of hydrogen-bond acceptors (Lipinski definition) is 5.